The topological polar surface area (TPSA) is 33.2 Å². The molecule has 0 saturated carbocycles. The van der Waals surface area contributed by atoms with Crippen LogP contribution in [-0.2, 0) is 6.54 Å². The fourth-order valence-corrected chi connectivity index (χ4v) is 2.33. The molecule has 4 heteroatoms. The molecule has 0 unspecified atom stereocenters. The van der Waals surface area contributed by atoms with Crippen molar-refractivity contribution in [3.8, 4) is 0 Å². The summed E-state index contributed by atoms with van der Waals surface area (Å²) in [7, 11) is 0. The van der Waals surface area contributed by atoms with Crippen LogP contribution in [0.5, 0.6) is 0 Å². The van der Waals surface area contributed by atoms with Gasteiger partial charge >= 0.3 is 0 Å². The summed E-state index contributed by atoms with van der Waals surface area (Å²) in [4.78, 5) is 18.4. The molecular weight excluding hydrogens is 284 g/mol. The number of nitrogens with zero attached hydrogens (tertiary/aromatic N) is 2. The first-order valence-electron chi connectivity index (χ1n) is 7.06. The first-order chi connectivity index (χ1) is 10.1. The van der Waals surface area contributed by atoms with Crippen LogP contribution in [-0.4, -0.2) is 22.3 Å². The van der Waals surface area contributed by atoms with Crippen LogP contribution in [0.15, 0.2) is 42.7 Å². The van der Waals surface area contributed by atoms with E-state index in [1.54, 1.807) is 12.3 Å². The van der Waals surface area contributed by atoms with E-state index < -0.39 is 0 Å². The summed E-state index contributed by atoms with van der Waals surface area (Å²) in [5, 5.41) is 0.444. The summed E-state index contributed by atoms with van der Waals surface area (Å²) in [5.41, 5.74) is 2.78. The third kappa shape index (κ3) is 4.05. The molecule has 0 spiro atoms. The van der Waals surface area contributed by atoms with Crippen molar-refractivity contribution in [2.75, 3.05) is 6.54 Å². The second-order valence-electron chi connectivity index (χ2n) is 5.07. The van der Waals surface area contributed by atoms with Crippen LogP contribution in [0.25, 0.3) is 0 Å². The first-order valence-corrected chi connectivity index (χ1v) is 7.44. The third-order valence-electron chi connectivity index (χ3n) is 3.27. The quantitative estimate of drug-likeness (QED) is 0.833. The van der Waals surface area contributed by atoms with Gasteiger partial charge in [-0.25, -0.2) is 0 Å². The summed E-state index contributed by atoms with van der Waals surface area (Å²) < 4.78 is 0. The highest BCUT2D eigenvalue weighted by Gasteiger charge is 2.18. The molecule has 2 rings (SSSR count). The van der Waals surface area contributed by atoms with Crippen molar-refractivity contribution in [3.05, 3.63) is 64.4 Å². The zero-order valence-corrected chi connectivity index (χ0v) is 13.1. The predicted octanol–water partition coefficient (Wildman–Crippen LogP) is 4.10. The molecule has 0 aliphatic carbocycles. The number of carbonyl (C=O) groups excluding carboxylic acids is 1. The zero-order chi connectivity index (χ0) is 15.2. The lowest BCUT2D eigenvalue weighted by Crippen LogP contribution is -2.31. The molecule has 0 N–H and O–H groups in total. The monoisotopic (exact) mass is 302 g/mol. The Bertz CT molecular complexity index is 610. The molecule has 0 atom stereocenters. The molecule has 3 nitrogen and oxygen atoms in total. The summed E-state index contributed by atoms with van der Waals surface area (Å²) in [6.45, 7) is 5.38. The van der Waals surface area contributed by atoms with Gasteiger partial charge in [-0.05, 0) is 25.0 Å². The van der Waals surface area contributed by atoms with Crippen LogP contribution in [0.2, 0.25) is 5.02 Å². The van der Waals surface area contributed by atoms with Crippen LogP contribution in [0.1, 0.15) is 34.8 Å². The van der Waals surface area contributed by atoms with E-state index in [9.17, 15) is 4.79 Å². The van der Waals surface area contributed by atoms with Gasteiger partial charge in [0.2, 0.25) is 0 Å². The molecule has 0 aliphatic heterocycles. The average molecular weight is 303 g/mol. The van der Waals surface area contributed by atoms with Gasteiger partial charge in [-0.3, -0.25) is 9.78 Å². The van der Waals surface area contributed by atoms with Gasteiger partial charge in [-0.1, -0.05) is 48.4 Å². The van der Waals surface area contributed by atoms with Crippen molar-refractivity contribution in [2.24, 2.45) is 0 Å². The number of rotatable bonds is 5. The number of amides is 1. The van der Waals surface area contributed by atoms with Gasteiger partial charge in [0.05, 0.1) is 10.6 Å². The summed E-state index contributed by atoms with van der Waals surface area (Å²) in [5.74, 6) is -0.0736. The average Bonchev–Trinajstić information content (AvgIpc) is 2.49. The molecule has 0 fully saturated rings. The highest BCUT2D eigenvalue weighted by atomic mass is 35.5. The Morgan fingerprint density at radius 2 is 1.95 bits per heavy atom. The van der Waals surface area contributed by atoms with Crippen LogP contribution < -0.4 is 0 Å². The fourth-order valence-electron chi connectivity index (χ4n) is 2.14. The van der Waals surface area contributed by atoms with E-state index in [1.807, 2.05) is 11.8 Å². The van der Waals surface area contributed by atoms with E-state index in [0.717, 1.165) is 12.0 Å². The van der Waals surface area contributed by atoms with E-state index >= 15 is 0 Å². The van der Waals surface area contributed by atoms with Crippen molar-refractivity contribution >= 4 is 17.5 Å². The molecule has 1 aromatic carbocycles. The maximum Gasteiger partial charge on any atom is 0.257 e. The lowest BCUT2D eigenvalue weighted by Gasteiger charge is -2.22. The van der Waals surface area contributed by atoms with Gasteiger partial charge in [-0.2, -0.15) is 0 Å². The Kier molecular flexibility index (Phi) is 5.34. The number of carbonyl (C=O) groups is 1. The normalized spacial score (nSPS) is 10.4. The second kappa shape index (κ2) is 7.23. The fraction of sp³-hybridized carbons (Fsp3) is 0.294. The Labute approximate surface area is 130 Å². The highest BCUT2D eigenvalue weighted by Crippen LogP contribution is 2.18. The van der Waals surface area contributed by atoms with E-state index in [-0.39, 0.29) is 5.91 Å². The van der Waals surface area contributed by atoms with Crippen LogP contribution in [0, 0.1) is 6.92 Å². The summed E-state index contributed by atoms with van der Waals surface area (Å²) >= 11 is 6.10. The van der Waals surface area contributed by atoms with E-state index in [2.05, 4.69) is 36.2 Å². The SMILES string of the molecule is CCCN(Cc1ccc(C)cc1)C(=O)c1cnccc1Cl. The molecule has 0 saturated heterocycles. The summed E-state index contributed by atoms with van der Waals surface area (Å²) in [6.07, 6.45) is 4.02. The molecule has 1 amide bonds. The smallest absolute Gasteiger partial charge is 0.257 e. The molecule has 0 radical (unpaired) electrons. The van der Waals surface area contributed by atoms with E-state index in [1.165, 1.54) is 11.8 Å². The Morgan fingerprint density at radius 1 is 1.24 bits per heavy atom. The molecule has 110 valence electrons. The molecule has 1 aromatic heterocycles. The number of halogens is 1. The van der Waals surface area contributed by atoms with Crippen molar-refractivity contribution < 1.29 is 4.79 Å². The van der Waals surface area contributed by atoms with Crippen molar-refractivity contribution in [2.45, 2.75) is 26.8 Å². The number of aryl methyl sites for hydroxylation is 1. The summed E-state index contributed by atoms with van der Waals surface area (Å²) in [6, 6.07) is 9.86. The Morgan fingerprint density at radius 3 is 2.57 bits per heavy atom. The van der Waals surface area contributed by atoms with Crippen molar-refractivity contribution in [1.82, 2.24) is 9.88 Å². The minimum absolute atomic E-state index is 0.0736. The maximum atomic E-state index is 12.6. The highest BCUT2D eigenvalue weighted by molar-refractivity contribution is 6.33. The van der Waals surface area contributed by atoms with Gasteiger partial charge in [0.25, 0.3) is 5.91 Å². The Balaban J connectivity index is 2.20. The number of aromatic nitrogens is 1. The van der Waals surface area contributed by atoms with Crippen molar-refractivity contribution in [1.29, 1.82) is 0 Å². The maximum absolute atomic E-state index is 12.6. The second-order valence-corrected chi connectivity index (χ2v) is 5.48. The predicted molar refractivity (Wildman–Crippen MR) is 85.5 cm³/mol. The minimum atomic E-state index is -0.0736. The molecule has 0 bridgehead atoms. The van der Waals surface area contributed by atoms with E-state index in [4.69, 9.17) is 11.6 Å². The Hall–Kier alpha value is -1.87. The van der Waals surface area contributed by atoms with Gasteiger partial charge < -0.3 is 4.90 Å². The lowest BCUT2D eigenvalue weighted by molar-refractivity contribution is 0.0743. The lowest BCUT2D eigenvalue weighted by atomic mass is 10.1. The number of benzene rings is 1. The first kappa shape index (κ1) is 15.5. The van der Waals surface area contributed by atoms with Gasteiger partial charge in [0.1, 0.15) is 0 Å². The van der Waals surface area contributed by atoms with Crippen LogP contribution >= 0.6 is 11.6 Å². The molecule has 0 aliphatic rings. The largest absolute Gasteiger partial charge is 0.334 e. The standard InChI is InChI=1S/C17H19ClN2O/c1-3-10-20(12-14-6-4-13(2)5-7-14)17(21)15-11-19-9-8-16(15)18/h4-9,11H,3,10,12H2,1-2H3. The van der Waals surface area contributed by atoms with Gasteiger partial charge in [-0.15, -0.1) is 0 Å². The molecule has 1 heterocycles. The van der Waals surface area contributed by atoms with Crippen molar-refractivity contribution in [3.63, 3.8) is 0 Å². The third-order valence-corrected chi connectivity index (χ3v) is 3.60. The number of hydrogen-bond donors (Lipinski definition) is 0. The zero-order valence-electron chi connectivity index (χ0n) is 12.3. The minimum Gasteiger partial charge on any atom is -0.334 e. The van der Waals surface area contributed by atoms with E-state index in [0.29, 0.717) is 23.7 Å². The number of pyridine rings is 1. The van der Waals surface area contributed by atoms with Gasteiger partial charge in [0, 0.05) is 25.5 Å². The van der Waals surface area contributed by atoms with Crippen LogP contribution in [0.3, 0.4) is 0 Å². The molecule has 2 aromatic rings. The number of hydrogen-bond acceptors (Lipinski definition) is 2. The van der Waals surface area contributed by atoms with Gasteiger partial charge in [0.15, 0.2) is 0 Å². The van der Waals surface area contributed by atoms with Crippen LogP contribution in [0.4, 0.5) is 0 Å². The molecular formula is C17H19ClN2O. The molecule has 21 heavy (non-hydrogen) atoms.